The summed E-state index contributed by atoms with van der Waals surface area (Å²) in [5, 5.41) is 0. The minimum absolute atomic E-state index is 0.0170. The van der Waals surface area contributed by atoms with Crippen molar-refractivity contribution >= 4 is 22.0 Å². The highest BCUT2D eigenvalue weighted by molar-refractivity contribution is 9.10. The average molecular weight is 407 g/mol. The number of ether oxygens (including phenoxy) is 3. The first kappa shape index (κ1) is 16.1. The maximum absolute atomic E-state index is 5.96. The summed E-state index contributed by atoms with van der Waals surface area (Å²) in [7, 11) is 0. The lowest BCUT2D eigenvalue weighted by Gasteiger charge is -2.48. The zero-order valence-corrected chi connectivity index (χ0v) is 15.7. The van der Waals surface area contributed by atoms with Crippen molar-refractivity contribution in [2.45, 2.75) is 37.5 Å². The van der Waals surface area contributed by atoms with E-state index in [1.807, 2.05) is 0 Å². The Hall–Kier alpha value is -1.11. The van der Waals surface area contributed by atoms with Gasteiger partial charge in [0.15, 0.2) is 6.29 Å². The summed E-state index contributed by atoms with van der Waals surface area (Å²) in [6.45, 7) is 2.01. The highest BCUT2D eigenvalue weighted by Crippen LogP contribution is 2.54. The SMILES string of the molecule is NC1=NC2(CO1)c1cc(Br)ccc1C[C@H]1CC(C3OCCO3)CC[C@H]12. The van der Waals surface area contributed by atoms with Crippen LogP contribution in [0.25, 0.3) is 0 Å². The van der Waals surface area contributed by atoms with Gasteiger partial charge in [-0.2, -0.15) is 0 Å². The molecule has 2 aliphatic heterocycles. The summed E-state index contributed by atoms with van der Waals surface area (Å²) in [4.78, 5) is 4.86. The number of rotatable bonds is 1. The molecule has 134 valence electrons. The summed E-state index contributed by atoms with van der Waals surface area (Å²) in [5.74, 6) is 1.52. The zero-order valence-electron chi connectivity index (χ0n) is 14.1. The molecule has 5 rings (SSSR count). The summed E-state index contributed by atoms with van der Waals surface area (Å²) in [6.07, 6.45) is 4.43. The van der Waals surface area contributed by atoms with E-state index in [9.17, 15) is 0 Å². The maximum Gasteiger partial charge on any atom is 0.283 e. The molecule has 4 atom stereocenters. The van der Waals surface area contributed by atoms with Crippen LogP contribution in [0.2, 0.25) is 0 Å². The molecule has 1 spiro atoms. The Kier molecular flexibility index (Phi) is 3.84. The molecule has 25 heavy (non-hydrogen) atoms. The first-order valence-electron chi connectivity index (χ1n) is 9.16. The lowest BCUT2D eigenvalue weighted by molar-refractivity contribution is -0.108. The number of amidine groups is 1. The largest absolute Gasteiger partial charge is 0.462 e. The monoisotopic (exact) mass is 406 g/mol. The third kappa shape index (κ3) is 2.53. The van der Waals surface area contributed by atoms with Gasteiger partial charge < -0.3 is 19.9 Å². The first-order chi connectivity index (χ1) is 12.2. The molecular weight excluding hydrogens is 384 g/mol. The summed E-state index contributed by atoms with van der Waals surface area (Å²) in [5.41, 5.74) is 8.30. The van der Waals surface area contributed by atoms with Crippen LogP contribution in [0.5, 0.6) is 0 Å². The second-order valence-corrected chi connectivity index (χ2v) is 8.63. The lowest BCUT2D eigenvalue weighted by Crippen LogP contribution is -2.48. The quantitative estimate of drug-likeness (QED) is 0.778. The van der Waals surface area contributed by atoms with Crippen molar-refractivity contribution in [3.05, 3.63) is 33.8 Å². The van der Waals surface area contributed by atoms with Crippen LogP contribution in [-0.4, -0.2) is 32.1 Å². The van der Waals surface area contributed by atoms with Gasteiger partial charge in [-0.1, -0.05) is 22.0 Å². The summed E-state index contributed by atoms with van der Waals surface area (Å²) < 4.78 is 18.4. The van der Waals surface area contributed by atoms with Crippen LogP contribution in [0, 0.1) is 17.8 Å². The highest BCUT2D eigenvalue weighted by atomic mass is 79.9. The topological polar surface area (TPSA) is 66.1 Å². The van der Waals surface area contributed by atoms with Gasteiger partial charge in [0, 0.05) is 10.4 Å². The third-order valence-corrected chi connectivity index (χ3v) is 6.93. The van der Waals surface area contributed by atoms with Crippen LogP contribution in [0.1, 0.15) is 30.4 Å². The zero-order chi connectivity index (χ0) is 17.0. The Morgan fingerprint density at radius 2 is 2.00 bits per heavy atom. The second kappa shape index (κ2) is 5.96. The molecule has 2 heterocycles. The summed E-state index contributed by atoms with van der Waals surface area (Å²) >= 11 is 3.62. The van der Waals surface area contributed by atoms with Gasteiger partial charge in [-0.3, -0.25) is 0 Å². The molecule has 2 fully saturated rings. The Balaban J connectivity index is 1.52. The molecular formula is C19H23BrN2O3. The molecule has 1 aromatic rings. The van der Waals surface area contributed by atoms with Crippen LogP contribution in [0.3, 0.4) is 0 Å². The van der Waals surface area contributed by atoms with E-state index in [-0.39, 0.29) is 11.8 Å². The minimum Gasteiger partial charge on any atom is -0.462 e. The van der Waals surface area contributed by atoms with Crippen molar-refractivity contribution < 1.29 is 14.2 Å². The van der Waals surface area contributed by atoms with Gasteiger partial charge in [0.1, 0.15) is 12.1 Å². The van der Waals surface area contributed by atoms with Crippen LogP contribution in [0.15, 0.2) is 27.7 Å². The Labute approximate surface area is 156 Å². The molecule has 2 aliphatic carbocycles. The molecule has 4 aliphatic rings. The third-order valence-electron chi connectivity index (χ3n) is 6.44. The first-order valence-corrected chi connectivity index (χ1v) is 9.95. The van der Waals surface area contributed by atoms with E-state index in [1.54, 1.807) is 0 Å². The number of nitrogens with zero attached hydrogens (tertiary/aromatic N) is 1. The molecule has 1 aromatic carbocycles. The molecule has 1 saturated carbocycles. The van der Waals surface area contributed by atoms with E-state index in [2.05, 4.69) is 34.1 Å². The minimum atomic E-state index is -0.325. The number of hydrogen-bond acceptors (Lipinski definition) is 5. The van der Waals surface area contributed by atoms with Crippen molar-refractivity contribution in [1.82, 2.24) is 0 Å². The Bertz CT molecular complexity index is 719. The molecule has 0 radical (unpaired) electrons. The van der Waals surface area contributed by atoms with Gasteiger partial charge in [0.2, 0.25) is 0 Å². The van der Waals surface area contributed by atoms with Gasteiger partial charge in [-0.05, 0) is 60.8 Å². The molecule has 2 N–H and O–H groups in total. The van der Waals surface area contributed by atoms with E-state index in [1.165, 1.54) is 11.1 Å². The smallest absolute Gasteiger partial charge is 0.283 e. The average Bonchev–Trinajstić information content (AvgIpc) is 3.26. The molecule has 0 aromatic heterocycles. The molecule has 2 unspecified atom stereocenters. The fourth-order valence-electron chi connectivity index (χ4n) is 5.44. The fourth-order valence-corrected chi connectivity index (χ4v) is 5.80. The van der Waals surface area contributed by atoms with Gasteiger partial charge in [0.05, 0.1) is 13.2 Å². The number of fused-ring (bicyclic) bond motifs is 4. The molecule has 0 bridgehead atoms. The van der Waals surface area contributed by atoms with Crippen molar-refractivity contribution in [2.75, 3.05) is 19.8 Å². The van der Waals surface area contributed by atoms with E-state index in [0.29, 0.717) is 30.4 Å². The predicted molar refractivity (Wildman–Crippen MR) is 97.1 cm³/mol. The van der Waals surface area contributed by atoms with Crippen molar-refractivity contribution in [1.29, 1.82) is 0 Å². The molecule has 1 saturated heterocycles. The van der Waals surface area contributed by atoms with Crippen molar-refractivity contribution in [2.24, 2.45) is 28.5 Å². The second-order valence-electron chi connectivity index (χ2n) is 7.72. The standard InChI is InChI=1S/C19H23BrN2O3/c20-14-3-1-11-7-13-8-12(17-23-5-6-24-17)2-4-15(13)19(16(11)9-14)10-25-18(21)22-19/h1,3,9,12-13,15,17H,2,4-8,10H2,(H2,21,22)/t12?,13-,15+,19?/m0/s1. The number of hydrogen-bond donors (Lipinski definition) is 1. The molecule has 5 nitrogen and oxygen atoms in total. The molecule has 0 amide bonds. The van der Waals surface area contributed by atoms with Crippen LogP contribution in [0.4, 0.5) is 0 Å². The van der Waals surface area contributed by atoms with Crippen molar-refractivity contribution in [3.63, 3.8) is 0 Å². The van der Waals surface area contributed by atoms with E-state index in [0.717, 1.165) is 43.4 Å². The van der Waals surface area contributed by atoms with Crippen LogP contribution >= 0.6 is 15.9 Å². The lowest BCUT2D eigenvalue weighted by atomic mass is 9.58. The van der Waals surface area contributed by atoms with E-state index in [4.69, 9.17) is 24.9 Å². The van der Waals surface area contributed by atoms with Gasteiger partial charge in [-0.15, -0.1) is 0 Å². The van der Waals surface area contributed by atoms with Crippen molar-refractivity contribution in [3.8, 4) is 0 Å². The summed E-state index contributed by atoms with van der Waals surface area (Å²) in [6, 6.07) is 6.90. The maximum atomic E-state index is 5.96. The predicted octanol–water partition coefficient (Wildman–Crippen LogP) is 2.95. The number of aliphatic imine (C=N–C) groups is 1. The van der Waals surface area contributed by atoms with E-state index < -0.39 is 0 Å². The van der Waals surface area contributed by atoms with Gasteiger partial charge >= 0.3 is 0 Å². The van der Waals surface area contributed by atoms with Gasteiger partial charge in [-0.25, -0.2) is 4.99 Å². The number of nitrogens with two attached hydrogens (primary N) is 1. The van der Waals surface area contributed by atoms with E-state index >= 15 is 0 Å². The normalized spacial score (nSPS) is 37.5. The van der Waals surface area contributed by atoms with Crippen LogP contribution in [-0.2, 0) is 26.2 Å². The van der Waals surface area contributed by atoms with Crippen LogP contribution < -0.4 is 5.73 Å². The number of benzene rings is 1. The fraction of sp³-hybridized carbons (Fsp3) is 0.632. The number of halogens is 1. The Morgan fingerprint density at radius 3 is 2.76 bits per heavy atom. The van der Waals surface area contributed by atoms with Gasteiger partial charge in [0.25, 0.3) is 6.02 Å². The highest BCUT2D eigenvalue weighted by Gasteiger charge is 2.54. The Morgan fingerprint density at radius 1 is 1.16 bits per heavy atom. The molecule has 6 heteroatoms.